The lowest BCUT2D eigenvalue weighted by atomic mass is 9.88. The van der Waals surface area contributed by atoms with Crippen LogP contribution in [0.3, 0.4) is 0 Å². The number of carbonyl (C=O) groups is 1. The van der Waals surface area contributed by atoms with Crippen LogP contribution in [0.2, 0.25) is 0 Å². The lowest BCUT2D eigenvalue weighted by molar-refractivity contribution is -0.123. The van der Waals surface area contributed by atoms with Crippen molar-refractivity contribution >= 4 is 39.7 Å². The van der Waals surface area contributed by atoms with E-state index in [0.717, 1.165) is 12.8 Å². The Morgan fingerprint density at radius 3 is 2.70 bits per heavy atom. The number of benzene rings is 1. The molecule has 5 heteroatoms. The quantitative estimate of drug-likeness (QED) is 0.785. The summed E-state index contributed by atoms with van der Waals surface area (Å²) in [6, 6.07) is 8.44. The van der Waals surface area contributed by atoms with Crippen molar-refractivity contribution in [3.05, 3.63) is 35.2 Å². The number of carbonyl (C=O) groups excluding carboxylic acids is 1. The minimum absolute atomic E-state index is 0. The van der Waals surface area contributed by atoms with Gasteiger partial charge in [-0.3, -0.25) is 4.79 Å². The number of rotatable bonds is 7. The Morgan fingerprint density at radius 2 is 2.04 bits per heavy atom. The number of thiophene rings is 1. The van der Waals surface area contributed by atoms with Gasteiger partial charge in [0.25, 0.3) is 0 Å². The molecule has 0 bridgehead atoms. The van der Waals surface area contributed by atoms with Crippen LogP contribution >= 0.6 is 23.7 Å². The van der Waals surface area contributed by atoms with Crippen molar-refractivity contribution in [2.75, 3.05) is 6.54 Å². The molecule has 0 saturated heterocycles. The molecule has 3 nitrogen and oxygen atoms in total. The van der Waals surface area contributed by atoms with Gasteiger partial charge in [0.2, 0.25) is 5.91 Å². The zero-order valence-corrected chi connectivity index (χ0v) is 15.7. The molecule has 0 spiro atoms. The second-order valence-corrected chi connectivity index (χ2v) is 7.35. The molecule has 1 heterocycles. The molecule has 2 aromatic rings. The van der Waals surface area contributed by atoms with E-state index in [1.807, 2.05) is 6.92 Å². The van der Waals surface area contributed by atoms with Crippen molar-refractivity contribution in [1.82, 2.24) is 5.32 Å². The number of nitrogens with two attached hydrogens (primary N) is 1. The van der Waals surface area contributed by atoms with Crippen LogP contribution in [0.4, 0.5) is 0 Å². The number of halogens is 1. The molecule has 128 valence electrons. The van der Waals surface area contributed by atoms with Crippen molar-refractivity contribution in [3.63, 3.8) is 0 Å². The van der Waals surface area contributed by atoms with E-state index in [1.165, 1.54) is 15.6 Å². The molecular formula is C18H27ClN2OS. The molecule has 1 aromatic carbocycles. The number of nitrogens with one attached hydrogen (secondary N) is 1. The zero-order chi connectivity index (χ0) is 16.2. The fraction of sp³-hybridized carbons (Fsp3) is 0.500. The summed E-state index contributed by atoms with van der Waals surface area (Å²) in [6.45, 7) is 6.66. The van der Waals surface area contributed by atoms with E-state index in [4.69, 9.17) is 5.73 Å². The first-order valence-electron chi connectivity index (χ1n) is 7.92. The second kappa shape index (κ2) is 8.67. The monoisotopic (exact) mass is 354 g/mol. The summed E-state index contributed by atoms with van der Waals surface area (Å²) < 4.78 is 1.32. The van der Waals surface area contributed by atoms with Gasteiger partial charge in [-0.1, -0.05) is 32.0 Å². The number of hydrogen-bond acceptors (Lipinski definition) is 3. The van der Waals surface area contributed by atoms with Crippen LogP contribution in [-0.2, 0) is 11.2 Å². The third kappa shape index (κ3) is 4.93. The summed E-state index contributed by atoms with van der Waals surface area (Å²) in [7, 11) is 0. The van der Waals surface area contributed by atoms with Gasteiger partial charge in [0.1, 0.15) is 0 Å². The average molecular weight is 355 g/mol. The maximum Gasteiger partial charge on any atom is 0.220 e. The molecule has 0 radical (unpaired) electrons. The van der Waals surface area contributed by atoms with E-state index >= 15 is 0 Å². The molecule has 0 saturated carbocycles. The van der Waals surface area contributed by atoms with Gasteiger partial charge in [-0.15, -0.1) is 23.7 Å². The van der Waals surface area contributed by atoms with Crippen LogP contribution in [0.5, 0.6) is 0 Å². The van der Waals surface area contributed by atoms with Gasteiger partial charge in [0.15, 0.2) is 0 Å². The summed E-state index contributed by atoms with van der Waals surface area (Å²) in [5.41, 5.74) is 6.84. The van der Waals surface area contributed by atoms with Crippen LogP contribution in [0.1, 0.15) is 39.2 Å². The maximum absolute atomic E-state index is 12.2. The summed E-state index contributed by atoms with van der Waals surface area (Å²) >= 11 is 1.77. The van der Waals surface area contributed by atoms with Gasteiger partial charge in [-0.25, -0.2) is 0 Å². The summed E-state index contributed by atoms with van der Waals surface area (Å²) in [5, 5.41) is 6.63. The number of hydrogen-bond donors (Lipinski definition) is 2. The van der Waals surface area contributed by atoms with Gasteiger partial charge in [0.05, 0.1) is 5.54 Å². The molecule has 1 amide bonds. The minimum Gasteiger partial charge on any atom is -0.349 e. The third-order valence-electron chi connectivity index (χ3n) is 4.53. The lowest BCUT2D eigenvalue weighted by Crippen LogP contribution is -2.54. The molecule has 0 fully saturated rings. The highest BCUT2D eigenvalue weighted by molar-refractivity contribution is 7.17. The molecular weight excluding hydrogens is 328 g/mol. The number of fused-ring (bicyclic) bond motifs is 1. The maximum atomic E-state index is 12.2. The Hall–Kier alpha value is -1.10. The SMILES string of the molecule is CC(C)C(C)(CN)NC(=O)CCCc1csc2ccccc12.Cl. The molecule has 1 aromatic heterocycles. The third-order valence-corrected chi connectivity index (χ3v) is 5.55. The van der Waals surface area contributed by atoms with Crippen molar-refractivity contribution in [2.24, 2.45) is 11.7 Å². The van der Waals surface area contributed by atoms with Crippen LogP contribution in [0, 0.1) is 5.92 Å². The van der Waals surface area contributed by atoms with E-state index < -0.39 is 0 Å². The van der Waals surface area contributed by atoms with Gasteiger partial charge in [0, 0.05) is 17.7 Å². The van der Waals surface area contributed by atoms with Crippen molar-refractivity contribution in [2.45, 2.75) is 45.6 Å². The first-order chi connectivity index (χ1) is 10.5. The normalized spacial score (nSPS) is 13.6. The van der Waals surface area contributed by atoms with E-state index in [2.05, 4.69) is 48.8 Å². The summed E-state index contributed by atoms with van der Waals surface area (Å²) in [5.74, 6) is 0.420. The highest BCUT2D eigenvalue weighted by Crippen LogP contribution is 2.26. The first-order valence-corrected chi connectivity index (χ1v) is 8.80. The molecule has 0 aliphatic heterocycles. The lowest BCUT2D eigenvalue weighted by Gasteiger charge is -2.33. The van der Waals surface area contributed by atoms with Crippen molar-refractivity contribution < 1.29 is 4.79 Å². The number of aryl methyl sites for hydroxylation is 1. The summed E-state index contributed by atoms with van der Waals surface area (Å²) in [4.78, 5) is 12.2. The Kier molecular flexibility index (Phi) is 7.52. The molecule has 0 aliphatic carbocycles. The largest absolute Gasteiger partial charge is 0.349 e. The topological polar surface area (TPSA) is 55.1 Å². The fourth-order valence-electron chi connectivity index (χ4n) is 2.48. The Morgan fingerprint density at radius 1 is 1.35 bits per heavy atom. The van der Waals surface area contributed by atoms with Crippen LogP contribution in [0.15, 0.2) is 29.6 Å². The van der Waals surface area contributed by atoms with E-state index in [-0.39, 0.29) is 23.9 Å². The molecule has 0 aliphatic rings. The van der Waals surface area contributed by atoms with Gasteiger partial charge < -0.3 is 11.1 Å². The number of amides is 1. The Bertz CT molecular complexity index is 641. The van der Waals surface area contributed by atoms with Crippen LogP contribution < -0.4 is 11.1 Å². The summed E-state index contributed by atoms with van der Waals surface area (Å²) in [6.07, 6.45) is 2.36. The highest BCUT2D eigenvalue weighted by Gasteiger charge is 2.28. The molecule has 3 N–H and O–H groups in total. The van der Waals surface area contributed by atoms with Gasteiger partial charge >= 0.3 is 0 Å². The van der Waals surface area contributed by atoms with Crippen molar-refractivity contribution in [3.8, 4) is 0 Å². The molecule has 2 rings (SSSR count). The van der Waals surface area contributed by atoms with Crippen LogP contribution in [0.25, 0.3) is 10.1 Å². The highest BCUT2D eigenvalue weighted by atomic mass is 35.5. The minimum atomic E-state index is -0.313. The van der Waals surface area contributed by atoms with E-state index in [9.17, 15) is 4.79 Å². The fourth-order valence-corrected chi connectivity index (χ4v) is 3.48. The van der Waals surface area contributed by atoms with Crippen molar-refractivity contribution in [1.29, 1.82) is 0 Å². The van der Waals surface area contributed by atoms with Gasteiger partial charge in [-0.05, 0) is 48.1 Å². The second-order valence-electron chi connectivity index (χ2n) is 6.44. The average Bonchev–Trinajstić information content (AvgIpc) is 2.90. The Balaban J connectivity index is 0.00000264. The predicted molar refractivity (Wildman–Crippen MR) is 102 cm³/mol. The smallest absolute Gasteiger partial charge is 0.220 e. The predicted octanol–water partition coefficient (Wildman–Crippen LogP) is 4.14. The van der Waals surface area contributed by atoms with E-state index in [0.29, 0.717) is 18.9 Å². The molecule has 23 heavy (non-hydrogen) atoms. The molecule has 1 unspecified atom stereocenters. The van der Waals surface area contributed by atoms with E-state index in [1.54, 1.807) is 11.3 Å². The standard InChI is InChI=1S/C18H26N2OS.ClH/c1-13(2)18(3,12-19)20-17(21)10-6-7-14-11-22-16-9-5-4-8-15(14)16;/h4-5,8-9,11,13H,6-7,10,12,19H2,1-3H3,(H,20,21);1H. The zero-order valence-electron chi connectivity index (χ0n) is 14.1. The first kappa shape index (κ1) is 19.9. The molecule has 1 atom stereocenters. The van der Waals surface area contributed by atoms with Gasteiger partial charge in [-0.2, -0.15) is 0 Å². The van der Waals surface area contributed by atoms with Crippen LogP contribution in [-0.4, -0.2) is 18.0 Å². The Labute approximate surface area is 149 Å².